The molecule has 3 aromatic rings. The first-order valence-electron chi connectivity index (χ1n) is 22.2. The third-order valence-electron chi connectivity index (χ3n) is 12.4. The minimum absolute atomic E-state index is 0.514. The lowest BCUT2D eigenvalue weighted by atomic mass is 9.83. The molecule has 0 amide bonds. The van der Waals surface area contributed by atoms with Gasteiger partial charge in [0, 0.05) is 13.2 Å². The lowest BCUT2D eigenvalue weighted by Crippen LogP contribution is -2.22. The maximum absolute atomic E-state index is 6.25. The highest BCUT2D eigenvalue weighted by molar-refractivity contribution is 5.73. The Morgan fingerprint density at radius 2 is 0.808 bits per heavy atom. The van der Waals surface area contributed by atoms with Gasteiger partial charge in [-0.1, -0.05) is 145 Å². The molecule has 3 aromatic carbocycles. The molecule has 2 heteroatoms. The fourth-order valence-corrected chi connectivity index (χ4v) is 8.79. The number of hydrogen-bond donors (Lipinski definition) is 0. The van der Waals surface area contributed by atoms with E-state index in [4.69, 9.17) is 9.47 Å². The average Bonchev–Trinajstić information content (AvgIpc) is 3.20. The van der Waals surface area contributed by atoms with Gasteiger partial charge in [-0.25, -0.2) is 0 Å². The molecular weight excluding hydrogens is 633 g/mol. The molecule has 52 heavy (non-hydrogen) atoms. The Balaban J connectivity index is 0.971. The molecule has 0 spiro atoms. The normalized spacial score (nSPS) is 20.7. The number of unbranched alkanes of at least 4 members (excludes halogenated alkanes) is 10. The Morgan fingerprint density at radius 3 is 1.21 bits per heavy atom. The summed E-state index contributed by atoms with van der Waals surface area (Å²) in [5.74, 6) is 1.72. The van der Waals surface area contributed by atoms with E-state index in [9.17, 15) is 0 Å². The van der Waals surface area contributed by atoms with Gasteiger partial charge >= 0.3 is 0 Å². The smallest absolute Gasteiger partial charge is 0.0575 e. The quantitative estimate of drug-likeness (QED) is 0.0864. The summed E-state index contributed by atoms with van der Waals surface area (Å²) in [4.78, 5) is 0. The van der Waals surface area contributed by atoms with Crippen molar-refractivity contribution in [2.24, 2.45) is 11.8 Å². The molecule has 2 fully saturated rings. The van der Waals surface area contributed by atoms with E-state index in [1.165, 1.54) is 187 Å². The molecule has 0 aliphatic heterocycles. The molecule has 0 heterocycles. The first-order chi connectivity index (χ1) is 25.7. The molecule has 286 valence electrons. The number of benzene rings is 3. The number of rotatable bonds is 24. The summed E-state index contributed by atoms with van der Waals surface area (Å²) in [7, 11) is 0. The topological polar surface area (TPSA) is 18.5 Å². The summed E-state index contributed by atoms with van der Waals surface area (Å²) in [5.41, 5.74) is 8.18. The van der Waals surface area contributed by atoms with Crippen LogP contribution in [0.25, 0.3) is 22.3 Å². The Morgan fingerprint density at radius 1 is 0.423 bits per heavy atom. The van der Waals surface area contributed by atoms with Gasteiger partial charge in [0.25, 0.3) is 0 Å². The third kappa shape index (κ3) is 14.8. The van der Waals surface area contributed by atoms with Gasteiger partial charge in [0.15, 0.2) is 0 Å². The highest BCUT2D eigenvalue weighted by Crippen LogP contribution is 2.32. The van der Waals surface area contributed by atoms with E-state index in [1.54, 1.807) is 0 Å². The molecule has 5 rings (SSSR count). The van der Waals surface area contributed by atoms with E-state index in [1.807, 2.05) is 0 Å². The van der Waals surface area contributed by atoms with E-state index in [0.717, 1.165) is 25.0 Å². The van der Waals surface area contributed by atoms with Crippen LogP contribution in [0.1, 0.15) is 166 Å². The molecule has 0 saturated heterocycles. The lowest BCUT2D eigenvalue weighted by Gasteiger charge is -2.28. The molecule has 2 saturated carbocycles. The second-order valence-corrected chi connectivity index (χ2v) is 16.6. The molecular formula is C50H74O2. The first-order valence-corrected chi connectivity index (χ1v) is 22.2. The van der Waals surface area contributed by atoms with Crippen molar-refractivity contribution < 1.29 is 9.47 Å². The van der Waals surface area contributed by atoms with E-state index >= 15 is 0 Å². The van der Waals surface area contributed by atoms with Crippen LogP contribution in [-0.2, 0) is 22.3 Å². The summed E-state index contributed by atoms with van der Waals surface area (Å²) >= 11 is 0. The highest BCUT2D eigenvalue weighted by Gasteiger charge is 2.22. The van der Waals surface area contributed by atoms with Gasteiger partial charge in [0.1, 0.15) is 0 Å². The Bertz CT molecular complexity index is 1230. The van der Waals surface area contributed by atoms with Crippen molar-refractivity contribution in [2.45, 2.75) is 180 Å². The Labute approximate surface area is 319 Å². The zero-order valence-electron chi connectivity index (χ0n) is 33.4. The summed E-state index contributed by atoms with van der Waals surface area (Å²) in [6.07, 6.45) is 32.5. The van der Waals surface area contributed by atoms with Crippen molar-refractivity contribution in [1.82, 2.24) is 0 Å². The summed E-state index contributed by atoms with van der Waals surface area (Å²) in [5, 5.41) is 0. The van der Waals surface area contributed by atoms with Crippen LogP contribution in [0.15, 0.2) is 72.8 Å². The standard InChI is InChI=1S/C50H74O2/c1-3-5-7-9-11-13-38-51-49-34-26-43(27-35-49)20-18-41-22-30-45(31-23-41)47-16-15-17-48(40-47)46-32-24-42(25-33-46)19-21-44-28-36-50(37-29-44)52-39-14-12-10-8-6-4-2/h15-17,22-25,30-33,40,43-44,49-50H,3-14,18-21,26-29,34-39H2,1-2H3. The molecule has 0 aromatic heterocycles. The maximum Gasteiger partial charge on any atom is 0.0575 e. The van der Waals surface area contributed by atoms with Gasteiger partial charge in [-0.15, -0.1) is 0 Å². The zero-order valence-corrected chi connectivity index (χ0v) is 33.4. The van der Waals surface area contributed by atoms with Gasteiger partial charge in [0.2, 0.25) is 0 Å². The Kier molecular flexibility index (Phi) is 18.9. The fraction of sp³-hybridized carbons (Fsp3) is 0.640. The fourth-order valence-electron chi connectivity index (χ4n) is 8.79. The SMILES string of the molecule is CCCCCCCCOC1CCC(CCc2ccc(-c3cccc(-c4ccc(CCC5CCC(OCCCCCCCC)CC5)cc4)c3)cc2)CC1. The number of ether oxygens (including phenoxy) is 2. The second-order valence-electron chi connectivity index (χ2n) is 16.6. The van der Waals surface area contributed by atoms with Crippen molar-refractivity contribution in [3.8, 4) is 22.3 Å². The van der Waals surface area contributed by atoms with Crippen molar-refractivity contribution in [3.05, 3.63) is 83.9 Å². The van der Waals surface area contributed by atoms with Crippen LogP contribution in [0.2, 0.25) is 0 Å². The van der Waals surface area contributed by atoms with Crippen molar-refractivity contribution >= 4 is 0 Å². The van der Waals surface area contributed by atoms with Crippen molar-refractivity contribution in [2.75, 3.05) is 13.2 Å². The average molecular weight is 707 g/mol. The number of hydrogen-bond acceptors (Lipinski definition) is 2. The number of aryl methyl sites for hydroxylation is 2. The van der Waals surface area contributed by atoms with E-state index in [0.29, 0.717) is 12.2 Å². The van der Waals surface area contributed by atoms with Crippen molar-refractivity contribution in [3.63, 3.8) is 0 Å². The van der Waals surface area contributed by atoms with E-state index in [-0.39, 0.29) is 0 Å². The Hall–Kier alpha value is -2.42. The molecule has 0 radical (unpaired) electrons. The largest absolute Gasteiger partial charge is 0.378 e. The molecule has 2 nitrogen and oxygen atoms in total. The van der Waals surface area contributed by atoms with E-state index in [2.05, 4.69) is 86.6 Å². The van der Waals surface area contributed by atoms with E-state index < -0.39 is 0 Å². The van der Waals surface area contributed by atoms with Crippen LogP contribution in [0.3, 0.4) is 0 Å². The molecule has 0 bridgehead atoms. The summed E-state index contributed by atoms with van der Waals surface area (Å²) < 4.78 is 12.5. The second kappa shape index (κ2) is 24.1. The van der Waals surface area contributed by atoms with Crippen LogP contribution in [0.4, 0.5) is 0 Å². The maximum atomic E-state index is 6.25. The van der Waals surface area contributed by atoms with Gasteiger partial charge in [-0.3, -0.25) is 0 Å². The molecule has 0 atom stereocenters. The highest BCUT2D eigenvalue weighted by atomic mass is 16.5. The molecule has 2 aliphatic carbocycles. The van der Waals surface area contributed by atoms with Gasteiger partial charge < -0.3 is 9.47 Å². The monoisotopic (exact) mass is 707 g/mol. The first kappa shape index (κ1) is 40.8. The lowest BCUT2D eigenvalue weighted by molar-refractivity contribution is 0.0152. The summed E-state index contributed by atoms with van der Waals surface area (Å²) in [6, 6.07) is 27.9. The molecule has 0 unspecified atom stereocenters. The van der Waals surface area contributed by atoms with Crippen LogP contribution in [0.5, 0.6) is 0 Å². The van der Waals surface area contributed by atoms with Crippen LogP contribution in [0, 0.1) is 11.8 Å². The third-order valence-corrected chi connectivity index (χ3v) is 12.4. The van der Waals surface area contributed by atoms with Gasteiger partial charge in [0.05, 0.1) is 12.2 Å². The van der Waals surface area contributed by atoms with Gasteiger partial charge in [-0.05, 0) is 141 Å². The molecule has 0 N–H and O–H groups in total. The molecule has 2 aliphatic rings. The van der Waals surface area contributed by atoms with Crippen LogP contribution < -0.4 is 0 Å². The minimum atomic E-state index is 0.514. The van der Waals surface area contributed by atoms with Crippen LogP contribution >= 0.6 is 0 Å². The predicted octanol–water partition coefficient (Wildman–Crippen LogP) is 14.8. The van der Waals surface area contributed by atoms with Crippen LogP contribution in [-0.4, -0.2) is 25.4 Å². The summed E-state index contributed by atoms with van der Waals surface area (Å²) in [6.45, 7) is 6.52. The minimum Gasteiger partial charge on any atom is -0.378 e. The van der Waals surface area contributed by atoms with Crippen molar-refractivity contribution in [1.29, 1.82) is 0 Å². The zero-order chi connectivity index (χ0) is 36.1. The predicted molar refractivity (Wildman–Crippen MR) is 224 cm³/mol. The van der Waals surface area contributed by atoms with Gasteiger partial charge in [-0.2, -0.15) is 0 Å².